The predicted octanol–water partition coefficient (Wildman–Crippen LogP) is 3.80. The summed E-state index contributed by atoms with van der Waals surface area (Å²) in [6.45, 7) is 2.82. The number of aromatic nitrogens is 1. The van der Waals surface area contributed by atoms with Crippen LogP contribution in [0.5, 0.6) is 5.75 Å². The van der Waals surface area contributed by atoms with E-state index in [1.165, 1.54) is 18.3 Å². The molecule has 1 fully saturated rings. The minimum absolute atomic E-state index is 0.0961. The first kappa shape index (κ1) is 21.0. The molecule has 0 aliphatic carbocycles. The zero-order valence-corrected chi connectivity index (χ0v) is 15.7. The molecule has 0 unspecified atom stereocenters. The Bertz CT molecular complexity index is 798. The van der Waals surface area contributed by atoms with Gasteiger partial charge in [-0.05, 0) is 37.9 Å². The van der Waals surface area contributed by atoms with Gasteiger partial charge in [0.2, 0.25) is 0 Å². The number of para-hydroxylation sites is 1. The Kier molecular flexibility index (Phi) is 6.99. The maximum atomic E-state index is 12.6. The quantitative estimate of drug-likeness (QED) is 0.422. The molecule has 1 aliphatic heterocycles. The fourth-order valence-electron chi connectivity index (χ4n) is 3.19. The smallest absolute Gasteiger partial charge is 0.405 e. The van der Waals surface area contributed by atoms with E-state index in [1.54, 1.807) is 18.2 Å². The minimum Gasteiger partial charge on any atom is -0.405 e. The molecule has 3 rings (SSSR count). The molecule has 5 N–H and O–H groups in total. The number of alkyl halides is 3. The lowest BCUT2D eigenvalue weighted by molar-refractivity contribution is -0.274. The molecule has 10 heteroatoms. The lowest BCUT2D eigenvalue weighted by Gasteiger charge is -2.24. The Hall–Kier alpha value is -2.72. The number of nitrogens with one attached hydrogen (secondary N) is 4. The number of anilines is 3. The van der Waals surface area contributed by atoms with Crippen LogP contribution >= 0.6 is 0 Å². The van der Waals surface area contributed by atoms with Crippen LogP contribution in [-0.2, 0) is 6.54 Å². The van der Waals surface area contributed by atoms with Crippen molar-refractivity contribution in [1.82, 2.24) is 10.3 Å². The highest BCUT2D eigenvalue weighted by Gasteiger charge is 2.31. The number of halogens is 3. The summed E-state index contributed by atoms with van der Waals surface area (Å²) in [6.07, 6.45) is -1.16. The second kappa shape index (κ2) is 9.66. The molecule has 0 amide bonds. The van der Waals surface area contributed by atoms with Crippen molar-refractivity contribution in [3.05, 3.63) is 42.1 Å². The number of nitrogens with zero attached hydrogens (tertiary/aromatic N) is 1. The van der Waals surface area contributed by atoms with Crippen LogP contribution in [0, 0.1) is 5.92 Å². The van der Waals surface area contributed by atoms with Crippen LogP contribution in [0.2, 0.25) is 0 Å². The Morgan fingerprint density at radius 3 is 2.62 bits per heavy atom. The highest BCUT2D eigenvalue weighted by atomic mass is 19.4. The molecule has 2 aromatic rings. The van der Waals surface area contributed by atoms with Crippen molar-refractivity contribution in [2.75, 3.05) is 35.7 Å². The number of hydrogen-bond acceptors (Lipinski definition) is 7. The fourth-order valence-corrected chi connectivity index (χ4v) is 3.19. The normalized spacial score (nSPS) is 15.0. The number of rotatable bonds is 8. The van der Waals surface area contributed by atoms with Crippen LogP contribution in [0.1, 0.15) is 18.4 Å². The van der Waals surface area contributed by atoms with Crippen molar-refractivity contribution >= 4 is 17.2 Å². The summed E-state index contributed by atoms with van der Waals surface area (Å²) in [4.78, 5) is 4.18. The molecule has 0 atom stereocenters. The van der Waals surface area contributed by atoms with Gasteiger partial charge in [-0.1, -0.05) is 18.2 Å². The number of ether oxygens (including phenoxy) is 1. The predicted molar refractivity (Wildman–Crippen MR) is 104 cm³/mol. The Labute approximate surface area is 166 Å². The van der Waals surface area contributed by atoms with Gasteiger partial charge in [-0.3, -0.25) is 10.7 Å². The molecular weight excluding hydrogens is 387 g/mol. The number of hydrogen-bond donors (Lipinski definition) is 5. The summed E-state index contributed by atoms with van der Waals surface area (Å²) in [6, 6.07) is 7.63. The van der Waals surface area contributed by atoms with Crippen molar-refractivity contribution in [1.29, 1.82) is 0 Å². The molecule has 0 bridgehead atoms. The molecule has 0 spiro atoms. The standard InChI is InChI=1S/C19H24F3N5O2/c20-19(21,22)29-17-4-2-1-3-14(17)11-25-18-9-15(16(27-28)12-26-18)24-10-13-5-7-23-8-6-13/h1-4,9,12-13,23,27-28H,5-8,10-11H2,(H2,24,25,26). The average Bonchev–Trinajstić information content (AvgIpc) is 2.71. The Morgan fingerprint density at radius 2 is 1.90 bits per heavy atom. The summed E-state index contributed by atoms with van der Waals surface area (Å²) in [5.41, 5.74) is 3.53. The van der Waals surface area contributed by atoms with Gasteiger partial charge in [0.05, 0.1) is 11.9 Å². The van der Waals surface area contributed by atoms with E-state index < -0.39 is 6.36 Å². The van der Waals surface area contributed by atoms with Gasteiger partial charge in [-0.15, -0.1) is 13.2 Å². The maximum absolute atomic E-state index is 12.6. The second-order valence-electron chi connectivity index (χ2n) is 6.81. The molecule has 0 saturated carbocycles. The highest BCUT2D eigenvalue weighted by Crippen LogP contribution is 2.28. The molecule has 1 aliphatic rings. The third-order valence-corrected chi connectivity index (χ3v) is 4.72. The zero-order valence-electron chi connectivity index (χ0n) is 15.7. The van der Waals surface area contributed by atoms with E-state index in [0.29, 0.717) is 28.7 Å². The van der Waals surface area contributed by atoms with Gasteiger partial charge in [0.1, 0.15) is 17.3 Å². The van der Waals surface area contributed by atoms with E-state index in [0.717, 1.165) is 32.5 Å². The van der Waals surface area contributed by atoms with Gasteiger partial charge < -0.3 is 20.7 Å². The Morgan fingerprint density at radius 1 is 1.14 bits per heavy atom. The third kappa shape index (κ3) is 6.40. The summed E-state index contributed by atoms with van der Waals surface area (Å²) < 4.78 is 41.8. The van der Waals surface area contributed by atoms with Crippen LogP contribution in [-0.4, -0.2) is 36.2 Å². The second-order valence-corrected chi connectivity index (χ2v) is 6.81. The summed E-state index contributed by atoms with van der Waals surface area (Å²) in [5.74, 6) is 0.725. The first-order valence-electron chi connectivity index (χ1n) is 9.37. The number of benzene rings is 1. The van der Waals surface area contributed by atoms with Gasteiger partial charge in [-0.2, -0.15) is 0 Å². The molecule has 0 radical (unpaired) electrons. The zero-order chi connectivity index (χ0) is 20.7. The molecule has 29 heavy (non-hydrogen) atoms. The van der Waals surface area contributed by atoms with Gasteiger partial charge in [0.15, 0.2) is 0 Å². The fraction of sp³-hybridized carbons (Fsp3) is 0.421. The van der Waals surface area contributed by atoms with E-state index in [2.05, 4.69) is 31.2 Å². The molecule has 158 valence electrons. The van der Waals surface area contributed by atoms with Crippen molar-refractivity contribution in [3.63, 3.8) is 0 Å². The molecular formula is C19H24F3N5O2. The number of piperidine rings is 1. The molecule has 1 aromatic heterocycles. The van der Waals surface area contributed by atoms with Gasteiger partial charge in [0, 0.05) is 24.7 Å². The minimum atomic E-state index is -4.76. The van der Waals surface area contributed by atoms with Crippen LogP contribution in [0.25, 0.3) is 0 Å². The maximum Gasteiger partial charge on any atom is 0.573 e. The third-order valence-electron chi connectivity index (χ3n) is 4.72. The van der Waals surface area contributed by atoms with Gasteiger partial charge >= 0.3 is 6.36 Å². The molecule has 1 saturated heterocycles. The first-order chi connectivity index (χ1) is 13.9. The van der Waals surface area contributed by atoms with E-state index >= 15 is 0 Å². The van der Waals surface area contributed by atoms with Crippen molar-refractivity contribution in [3.8, 4) is 5.75 Å². The average molecular weight is 411 g/mol. The van der Waals surface area contributed by atoms with Crippen LogP contribution < -0.4 is 26.2 Å². The van der Waals surface area contributed by atoms with Crippen LogP contribution in [0.15, 0.2) is 36.5 Å². The van der Waals surface area contributed by atoms with Crippen molar-refractivity contribution in [2.24, 2.45) is 5.92 Å². The molecule has 1 aromatic carbocycles. The summed E-state index contributed by atoms with van der Waals surface area (Å²) >= 11 is 0. The SMILES string of the molecule is ONc1cnc(NCc2ccccc2OC(F)(F)F)cc1NCC1CCNCC1. The van der Waals surface area contributed by atoms with E-state index in [9.17, 15) is 18.4 Å². The Balaban J connectivity index is 1.65. The van der Waals surface area contributed by atoms with Gasteiger partial charge in [0.25, 0.3) is 0 Å². The van der Waals surface area contributed by atoms with Crippen molar-refractivity contribution in [2.45, 2.75) is 25.7 Å². The van der Waals surface area contributed by atoms with Crippen molar-refractivity contribution < 1.29 is 23.1 Å². The van der Waals surface area contributed by atoms with E-state index in [-0.39, 0.29) is 12.3 Å². The monoisotopic (exact) mass is 411 g/mol. The van der Waals surface area contributed by atoms with E-state index in [4.69, 9.17) is 0 Å². The van der Waals surface area contributed by atoms with Crippen LogP contribution in [0.4, 0.5) is 30.4 Å². The summed E-state index contributed by atoms with van der Waals surface area (Å²) in [7, 11) is 0. The van der Waals surface area contributed by atoms with Gasteiger partial charge in [-0.25, -0.2) is 4.98 Å². The lowest BCUT2D eigenvalue weighted by Crippen LogP contribution is -2.31. The number of pyridine rings is 1. The molecule has 7 nitrogen and oxygen atoms in total. The largest absolute Gasteiger partial charge is 0.573 e. The lowest BCUT2D eigenvalue weighted by atomic mass is 9.98. The highest BCUT2D eigenvalue weighted by molar-refractivity contribution is 5.70. The molecule has 2 heterocycles. The van der Waals surface area contributed by atoms with E-state index in [1.807, 2.05) is 0 Å². The summed E-state index contributed by atoms with van der Waals surface area (Å²) in [5, 5.41) is 18.9. The topological polar surface area (TPSA) is 90.5 Å². The van der Waals surface area contributed by atoms with Crippen LogP contribution in [0.3, 0.4) is 0 Å². The first-order valence-corrected chi connectivity index (χ1v) is 9.37.